The molecular formula is C23H23ClN4O2. The van der Waals surface area contributed by atoms with Crippen molar-refractivity contribution >= 4 is 29.2 Å². The SMILES string of the molecule is C[C@@H](CNC(=O)CN1C(=O)CCn2nc(-c3cccc(Cl)c3)cc21)c1ccccc1. The molecule has 1 N–H and O–H groups in total. The fraction of sp³-hybridized carbons (Fsp3) is 0.261. The van der Waals surface area contributed by atoms with Gasteiger partial charge in [0.1, 0.15) is 12.4 Å². The molecular weight excluding hydrogens is 400 g/mol. The molecule has 3 aromatic rings. The largest absolute Gasteiger partial charge is 0.354 e. The van der Waals surface area contributed by atoms with Gasteiger partial charge in [-0.25, -0.2) is 4.68 Å². The fourth-order valence-electron chi connectivity index (χ4n) is 3.58. The molecule has 7 heteroatoms. The van der Waals surface area contributed by atoms with E-state index in [0.717, 1.165) is 16.8 Å². The number of amides is 2. The van der Waals surface area contributed by atoms with Crippen molar-refractivity contribution in [1.82, 2.24) is 15.1 Å². The van der Waals surface area contributed by atoms with E-state index < -0.39 is 0 Å². The third-order valence-electron chi connectivity index (χ3n) is 5.27. The Labute approximate surface area is 180 Å². The van der Waals surface area contributed by atoms with Gasteiger partial charge in [-0.15, -0.1) is 0 Å². The van der Waals surface area contributed by atoms with Gasteiger partial charge in [0.25, 0.3) is 0 Å². The summed E-state index contributed by atoms with van der Waals surface area (Å²) in [5, 5.41) is 8.17. The van der Waals surface area contributed by atoms with Crippen LogP contribution in [-0.2, 0) is 16.1 Å². The highest BCUT2D eigenvalue weighted by Gasteiger charge is 2.28. The summed E-state index contributed by atoms with van der Waals surface area (Å²) in [4.78, 5) is 26.6. The lowest BCUT2D eigenvalue weighted by atomic mass is 10.0. The number of carbonyl (C=O) groups is 2. The smallest absolute Gasteiger partial charge is 0.240 e. The van der Waals surface area contributed by atoms with Crippen molar-refractivity contribution in [3.63, 3.8) is 0 Å². The molecule has 0 aliphatic carbocycles. The molecule has 0 bridgehead atoms. The Bertz CT molecular complexity index is 1060. The molecule has 2 aromatic carbocycles. The molecule has 0 radical (unpaired) electrons. The van der Waals surface area contributed by atoms with Crippen molar-refractivity contribution in [2.45, 2.75) is 25.8 Å². The zero-order valence-corrected chi connectivity index (χ0v) is 17.5. The highest BCUT2D eigenvalue weighted by atomic mass is 35.5. The van der Waals surface area contributed by atoms with E-state index in [-0.39, 0.29) is 24.3 Å². The maximum atomic E-state index is 12.6. The maximum absolute atomic E-state index is 12.6. The number of aryl methyl sites for hydroxylation is 1. The van der Waals surface area contributed by atoms with Gasteiger partial charge in [0, 0.05) is 29.6 Å². The molecule has 154 valence electrons. The zero-order valence-electron chi connectivity index (χ0n) is 16.7. The second kappa shape index (κ2) is 8.71. The van der Waals surface area contributed by atoms with Crippen LogP contribution in [-0.4, -0.2) is 34.7 Å². The number of nitrogens with zero attached hydrogens (tertiary/aromatic N) is 3. The summed E-state index contributed by atoms with van der Waals surface area (Å²) in [6.07, 6.45) is 0.317. The standard InChI is InChI=1S/C23H23ClN4O2/c1-16(17-6-3-2-4-7-17)14-25-21(29)15-27-22-13-20(18-8-5-9-19(24)12-18)26-28(22)11-10-23(27)30/h2-9,12-13,16H,10-11,14-15H2,1H3,(H,25,29)/t16-/m0/s1. The summed E-state index contributed by atoms with van der Waals surface area (Å²) in [5.41, 5.74) is 2.76. The summed E-state index contributed by atoms with van der Waals surface area (Å²) < 4.78 is 1.78. The van der Waals surface area contributed by atoms with E-state index in [9.17, 15) is 9.59 Å². The summed E-state index contributed by atoms with van der Waals surface area (Å²) in [5.74, 6) is 0.552. The normalized spacial score (nSPS) is 14.3. The van der Waals surface area contributed by atoms with E-state index in [0.29, 0.717) is 30.4 Å². The quantitative estimate of drug-likeness (QED) is 0.655. The first-order chi connectivity index (χ1) is 14.5. The number of fused-ring (bicyclic) bond motifs is 1. The molecule has 0 saturated heterocycles. The van der Waals surface area contributed by atoms with Crippen molar-refractivity contribution in [3.05, 3.63) is 71.2 Å². The Morgan fingerprint density at radius 1 is 1.17 bits per heavy atom. The molecule has 1 aromatic heterocycles. The molecule has 0 spiro atoms. The topological polar surface area (TPSA) is 67.2 Å². The predicted molar refractivity (Wildman–Crippen MR) is 118 cm³/mol. The molecule has 1 aliphatic heterocycles. The van der Waals surface area contributed by atoms with Crippen molar-refractivity contribution in [1.29, 1.82) is 0 Å². The minimum atomic E-state index is -0.190. The van der Waals surface area contributed by atoms with Crippen molar-refractivity contribution in [3.8, 4) is 11.3 Å². The molecule has 30 heavy (non-hydrogen) atoms. The average Bonchev–Trinajstić information content (AvgIpc) is 3.19. The minimum absolute atomic E-state index is 0.0268. The van der Waals surface area contributed by atoms with Crippen molar-refractivity contribution in [2.24, 2.45) is 0 Å². The number of halogens is 1. The van der Waals surface area contributed by atoms with Crippen LogP contribution >= 0.6 is 11.6 Å². The zero-order chi connectivity index (χ0) is 21.1. The van der Waals surface area contributed by atoms with Gasteiger partial charge in [-0.05, 0) is 23.6 Å². The number of carbonyl (C=O) groups excluding carboxylic acids is 2. The molecule has 2 amide bonds. The van der Waals surface area contributed by atoms with E-state index in [2.05, 4.69) is 17.3 Å². The second-order valence-corrected chi connectivity index (χ2v) is 7.90. The molecule has 4 rings (SSSR count). The third kappa shape index (κ3) is 4.39. The molecule has 2 heterocycles. The Balaban J connectivity index is 1.46. The fourth-order valence-corrected chi connectivity index (χ4v) is 3.77. The first kappa shape index (κ1) is 20.2. The first-order valence-electron chi connectivity index (χ1n) is 9.97. The number of hydrogen-bond acceptors (Lipinski definition) is 3. The van der Waals surface area contributed by atoms with E-state index in [1.165, 1.54) is 4.90 Å². The van der Waals surface area contributed by atoms with Crippen LogP contribution in [0.1, 0.15) is 24.8 Å². The van der Waals surface area contributed by atoms with Gasteiger partial charge in [-0.3, -0.25) is 14.5 Å². The van der Waals surface area contributed by atoms with Crippen LogP contribution in [0.3, 0.4) is 0 Å². The lowest BCUT2D eigenvalue weighted by molar-refractivity contribution is -0.124. The Kier molecular flexibility index (Phi) is 5.86. The lowest BCUT2D eigenvalue weighted by Crippen LogP contribution is -2.44. The van der Waals surface area contributed by atoms with E-state index in [4.69, 9.17) is 11.6 Å². The van der Waals surface area contributed by atoms with E-state index in [1.807, 2.05) is 54.6 Å². The molecule has 1 aliphatic rings. The number of anilines is 1. The van der Waals surface area contributed by atoms with Gasteiger partial charge < -0.3 is 5.32 Å². The Morgan fingerprint density at radius 2 is 1.97 bits per heavy atom. The highest BCUT2D eigenvalue weighted by Crippen LogP contribution is 2.29. The summed E-state index contributed by atoms with van der Waals surface area (Å²) >= 11 is 6.09. The van der Waals surface area contributed by atoms with E-state index in [1.54, 1.807) is 10.7 Å². The van der Waals surface area contributed by atoms with Crippen LogP contribution in [0.4, 0.5) is 5.82 Å². The number of rotatable bonds is 6. The van der Waals surface area contributed by atoms with Crippen LogP contribution < -0.4 is 10.2 Å². The lowest BCUT2D eigenvalue weighted by Gasteiger charge is -2.27. The molecule has 1 atom stereocenters. The number of benzene rings is 2. The van der Waals surface area contributed by atoms with Crippen LogP contribution in [0.25, 0.3) is 11.3 Å². The summed E-state index contributed by atoms with van der Waals surface area (Å²) in [7, 11) is 0. The predicted octanol–water partition coefficient (Wildman–Crippen LogP) is 3.86. The number of aromatic nitrogens is 2. The Hall–Kier alpha value is -3.12. The van der Waals surface area contributed by atoms with Crippen LogP contribution in [0.2, 0.25) is 5.02 Å². The van der Waals surface area contributed by atoms with Crippen molar-refractivity contribution < 1.29 is 9.59 Å². The molecule has 0 unspecified atom stereocenters. The van der Waals surface area contributed by atoms with Gasteiger partial charge >= 0.3 is 0 Å². The van der Waals surface area contributed by atoms with Gasteiger partial charge in [-0.1, -0.05) is 61.0 Å². The molecule has 0 fully saturated rings. The van der Waals surface area contributed by atoms with Gasteiger partial charge in [0.05, 0.1) is 12.2 Å². The Morgan fingerprint density at radius 3 is 2.73 bits per heavy atom. The minimum Gasteiger partial charge on any atom is -0.354 e. The van der Waals surface area contributed by atoms with Crippen LogP contribution in [0, 0.1) is 0 Å². The van der Waals surface area contributed by atoms with Gasteiger partial charge in [0.15, 0.2) is 0 Å². The van der Waals surface area contributed by atoms with Crippen LogP contribution in [0.5, 0.6) is 0 Å². The number of hydrogen-bond donors (Lipinski definition) is 1. The van der Waals surface area contributed by atoms with Crippen LogP contribution in [0.15, 0.2) is 60.7 Å². The van der Waals surface area contributed by atoms with Gasteiger partial charge in [0.2, 0.25) is 11.8 Å². The van der Waals surface area contributed by atoms with Gasteiger partial charge in [-0.2, -0.15) is 5.10 Å². The second-order valence-electron chi connectivity index (χ2n) is 7.47. The van der Waals surface area contributed by atoms with E-state index >= 15 is 0 Å². The summed E-state index contributed by atoms with van der Waals surface area (Å²) in [6.45, 7) is 3.05. The first-order valence-corrected chi connectivity index (χ1v) is 10.3. The number of nitrogens with one attached hydrogen (secondary N) is 1. The summed E-state index contributed by atoms with van der Waals surface area (Å²) in [6, 6.07) is 19.3. The maximum Gasteiger partial charge on any atom is 0.240 e. The average molecular weight is 423 g/mol. The molecule has 6 nitrogen and oxygen atoms in total. The highest BCUT2D eigenvalue weighted by molar-refractivity contribution is 6.30. The monoisotopic (exact) mass is 422 g/mol. The molecule has 0 saturated carbocycles. The third-order valence-corrected chi connectivity index (χ3v) is 5.51. The van der Waals surface area contributed by atoms with Crippen molar-refractivity contribution in [2.75, 3.05) is 18.0 Å².